The molecule has 1 atom stereocenters. The molecule has 1 unspecified atom stereocenters. The molecule has 2 heterocycles. The average molecular weight is 415 g/mol. The second-order valence-corrected chi connectivity index (χ2v) is 7.56. The Morgan fingerprint density at radius 1 is 1.10 bits per heavy atom. The number of pyridine rings is 1. The SMILES string of the molecule is COc1ccc(-c2ccccc2CC2CN(C(=O)c3ccncc3)CCNC2=O)cc1. The highest BCUT2D eigenvalue weighted by Gasteiger charge is 2.29. The minimum Gasteiger partial charge on any atom is -0.497 e. The monoisotopic (exact) mass is 415 g/mol. The van der Waals surface area contributed by atoms with Gasteiger partial charge in [0.2, 0.25) is 5.91 Å². The van der Waals surface area contributed by atoms with Crippen LogP contribution in [-0.2, 0) is 11.2 Å². The van der Waals surface area contributed by atoms with E-state index in [1.807, 2.05) is 42.5 Å². The van der Waals surface area contributed by atoms with E-state index in [1.165, 1.54) is 0 Å². The van der Waals surface area contributed by atoms with Crippen molar-refractivity contribution in [3.05, 3.63) is 84.2 Å². The number of hydrogen-bond acceptors (Lipinski definition) is 4. The second kappa shape index (κ2) is 9.43. The Kier molecular flexibility index (Phi) is 6.26. The van der Waals surface area contributed by atoms with Gasteiger partial charge in [-0.15, -0.1) is 0 Å². The summed E-state index contributed by atoms with van der Waals surface area (Å²) in [4.78, 5) is 31.5. The number of hydrogen-bond donors (Lipinski definition) is 1. The lowest BCUT2D eigenvalue weighted by atomic mass is 9.91. The van der Waals surface area contributed by atoms with E-state index in [0.29, 0.717) is 31.6 Å². The summed E-state index contributed by atoms with van der Waals surface area (Å²) in [5.41, 5.74) is 3.80. The summed E-state index contributed by atoms with van der Waals surface area (Å²) in [5, 5.41) is 2.96. The number of nitrogens with one attached hydrogen (secondary N) is 1. The van der Waals surface area contributed by atoms with Crippen LogP contribution in [-0.4, -0.2) is 48.4 Å². The van der Waals surface area contributed by atoms with Gasteiger partial charge in [0.25, 0.3) is 5.91 Å². The molecule has 158 valence electrons. The normalized spacial score (nSPS) is 16.4. The zero-order chi connectivity index (χ0) is 21.6. The molecule has 3 aromatic rings. The van der Waals surface area contributed by atoms with Gasteiger partial charge in [0, 0.05) is 37.6 Å². The van der Waals surface area contributed by atoms with Crippen LogP contribution in [0.1, 0.15) is 15.9 Å². The molecule has 0 spiro atoms. The topological polar surface area (TPSA) is 71.5 Å². The molecule has 31 heavy (non-hydrogen) atoms. The lowest BCUT2D eigenvalue weighted by Gasteiger charge is -2.24. The van der Waals surface area contributed by atoms with Gasteiger partial charge in [-0.1, -0.05) is 36.4 Å². The molecule has 1 aliphatic heterocycles. The van der Waals surface area contributed by atoms with Crippen molar-refractivity contribution in [3.8, 4) is 16.9 Å². The molecule has 2 aromatic carbocycles. The van der Waals surface area contributed by atoms with Gasteiger partial charge in [-0.05, 0) is 47.4 Å². The van der Waals surface area contributed by atoms with E-state index in [1.54, 1.807) is 36.5 Å². The highest BCUT2D eigenvalue weighted by Crippen LogP contribution is 2.28. The first-order valence-electron chi connectivity index (χ1n) is 10.3. The minimum absolute atomic E-state index is 0.0189. The van der Waals surface area contributed by atoms with Crippen LogP contribution in [0.2, 0.25) is 0 Å². The maximum atomic E-state index is 13.0. The minimum atomic E-state index is -0.326. The molecule has 0 bridgehead atoms. The van der Waals surface area contributed by atoms with Crippen molar-refractivity contribution in [1.29, 1.82) is 0 Å². The standard InChI is InChI=1S/C25H25N3O3/c1-31-22-8-6-18(7-9-22)23-5-3-2-4-20(23)16-21-17-28(15-14-27-24(21)29)25(30)19-10-12-26-13-11-19/h2-13,21H,14-17H2,1H3,(H,27,29). The molecule has 1 saturated heterocycles. The number of carbonyl (C=O) groups excluding carboxylic acids is 2. The summed E-state index contributed by atoms with van der Waals surface area (Å²) in [6.07, 6.45) is 3.77. The van der Waals surface area contributed by atoms with Crippen LogP contribution in [0.4, 0.5) is 0 Å². The molecule has 1 aliphatic rings. The summed E-state index contributed by atoms with van der Waals surface area (Å²) in [5.74, 6) is 0.379. The number of benzene rings is 2. The number of nitrogens with zero attached hydrogens (tertiary/aromatic N) is 2. The fourth-order valence-electron chi connectivity index (χ4n) is 3.93. The van der Waals surface area contributed by atoms with E-state index in [9.17, 15) is 9.59 Å². The quantitative estimate of drug-likeness (QED) is 0.695. The molecular weight excluding hydrogens is 390 g/mol. The van der Waals surface area contributed by atoms with Gasteiger partial charge in [0.1, 0.15) is 5.75 Å². The maximum Gasteiger partial charge on any atom is 0.254 e. The molecule has 1 fully saturated rings. The number of methoxy groups -OCH3 is 1. The highest BCUT2D eigenvalue weighted by atomic mass is 16.5. The van der Waals surface area contributed by atoms with Gasteiger partial charge in [0.15, 0.2) is 0 Å². The Balaban J connectivity index is 1.57. The first kappa shape index (κ1) is 20.6. The molecule has 1 aromatic heterocycles. The zero-order valence-corrected chi connectivity index (χ0v) is 17.5. The van der Waals surface area contributed by atoms with Gasteiger partial charge < -0.3 is 15.0 Å². The first-order chi connectivity index (χ1) is 15.2. The van der Waals surface area contributed by atoms with Crippen LogP contribution in [0.25, 0.3) is 11.1 Å². The van der Waals surface area contributed by atoms with Crippen LogP contribution >= 0.6 is 0 Å². The Bertz CT molecular complexity index is 1050. The van der Waals surface area contributed by atoms with Crippen molar-refractivity contribution in [2.75, 3.05) is 26.7 Å². The molecule has 0 aliphatic carbocycles. The summed E-state index contributed by atoms with van der Waals surface area (Å²) >= 11 is 0. The van der Waals surface area contributed by atoms with Gasteiger partial charge in [-0.25, -0.2) is 0 Å². The average Bonchev–Trinajstić information content (AvgIpc) is 3.01. The van der Waals surface area contributed by atoms with Gasteiger partial charge in [-0.2, -0.15) is 0 Å². The smallest absolute Gasteiger partial charge is 0.254 e. The van der Waals surface area contributed by atoms with E-state index in [4.69, 9.17) is 4.74 Å². The molecule has 4 rings (SSSR count). The van der Waals surface area contributed by atoms with Crippen molar-refractivity contribution < 1.29 is 14.3 Å². The lowest BCUT2D eigenvalue weighted by Crippen LogP contribution is -2.37. The zero-order valence-electron chi connectivity index (χ0n) is 17.5. The van der Waals surface area contributed by atoms with Crippen molar-refractivity contribution in [3.63, 3.8) is 0 Å². The first-order valence-corrected chi connectivity index (χ1v) is 10.3. The molecule has 0 radical (unpaired) electrons. The van der Waals surface area contributed by atoms with E-state index in [-0.39, 0.29) is 17.7 Å². The Labute approximate surface area is 181 Å². The number of ether oxygens (including phenoxy) is 1. The highest BCUT2D eigenvalue weighted by molar-refractivity contribution is 5.94. The van der Waals surface area contributed by atoms with E-state index in [0.717, 1.165) is 22.4 Å². The van der Waals surface area contributed by atoms with Crippen LogP contribution in [0.15, 0.2) is 73.1 Å². The van der Waals surface area contributed by atoms with Crippen LogP contribution < -0.4 is 10.1 Å². The summed E-state index contributed by atoms with van der Waals surface area (Å²) in [6, 6.07) is 19.4. The van der Waals surface area contributed by atoms with Gasteiger partial charge >= 0.3 is 0 Å². The van der Waals surface area contributed by atoms with E-state index < -0.39 is 0 Å². The second-order valence-electron chi connectivity index (χ2n) is 7.56. The molecule has 2 amide bonds. The van der Waals surface area contributed by atoms with Crippen molar-refractivity contribution in [2.24, 2.45) is 5.92 Å². The third-order valence-electron chi connectivity index (χ3n) is 5.59. The van der Waals surface area contributed by atoms with E-state index >= 15 is 0 Å². The summed E-state index contributed by atoms with van der Waals surface area (Å²) < 4.78 is 5.26. The number of amides is 2. The fraction of sp³-hybridized carbons (Fsp3) is 0.240. The number of aromatic nitrogens is 1. The summed E-state index contributed by atoms with van der Waals surface area (Å²) in [6.45, 7) is 1.32. The van der Waals surface area contributed by atoms with Crippen molar-refractivity contribution >= 4 is 11.8 Å². The Hall–Kier alpha value is -3.67. The summed E-state index contributed by atoms with van der Waals surface area (Å²) in [7, 11) is 1.65. The third-order valence-corrected chi connectivity index (χ3v) is 5.59. The largest absolute Gasteiger partial charge is 0.497 e. The van der Waals surface area contributed by atoms with Gasteiger partial charge in [0.05, 0.1) is 13.0 Å². The Morgan fingerprint density at radius 3 is 2.58 bits per heavy atom. The van der Waals surface area contributed by atoms with Crippen LogP contribution in [0.3, 0.4) is 0 Å². The molecule has 1 N–H and O–H groups in total. The fourth-order valence-corrected chi connectivity index (χ4v) is 3.93. The van der Waals surface area contributed by atoms with Crippen LogP contribution in [0.5, 0.6) is 5.75 Å². The molecule has 6 heteroatoms. The van der Waals surface area contributed by atoms with Crippen LogP contribution in [0, 0.1) is 5.92 Å². The third kappa shape index (κ3) is 4.74. The number of carbonyl (C=O) groups is 2. The lowest BCUT2D eigenvalue weighted by molar-refractivity contribution is -0.124. The predicted octanol–water partition coefficient (Wildman–Crippen LogP) is 3.19. The predicted molar refractivity (Wildman–Crippen MR) is 119 cm³/mol. The maximum absolute atomic E-state index is 13.0. The number of rotatable bonds is 5. The molecule has 6 nitrogen and oxygen atoms in total. The molecule has 0 saturated carbocycles. The van der Waals surface area contributed by atoms with Gasteiger partial charge in [-0.3, -0.25) is 14.6 Å². The van der Waals surface area contributed by atoms with Crippen molar-refractivity contribution in [2.45, 2.75) is 6.42 Å². The van der Waals surface area contributed by atoms with Crippen molar-refractivity contribution in [1.82, 2.24) is 15.2 Å². The molecular formula is C25H25N3O3. The van der Waals surface area contributed by atoms with E-state index in [2.05, 4.69) is 16.4 Å². The Morgan fingerprint density at radius 2 is 1.84 bits per heavy atom.